The molecule has 0 bridgehead atoms. The number of nitrogens with two attached hydrogens (primary N) is 1. The van der Waals surface area contributed by atoms with Crippen LogP contribution in [0.25, 0.3) is 16.6 Å². The van der Waals surface area contributed by atoms with Crippen molar-refractivity contribution in [2.24, 2.45) is 0 Å². The third kappa shape index (κ3) is 4.54. The second-order valence-corrected chi connectivity index (χ2v) is 9.34. The molecule has 5 rings (SSSR count). The molecule has 0 aliphatic heterocycles. The number of carbonyl (C=O) groups excluding carboxylic acids is 1. The fourth-order valence-electron chi connectivity index (χ4n) is 4.04. The predicted molar refractivity (Wildman–Crippen MR) is 143 cm³/mol. The Morgan fingerprint density at radius 3 is 2.68 bits per heavy atom. The van der Waals surface area contributed by atoms with E-state index in [4.69, 9.17) is 22.1 Å². The highest BCUT2D eigenvalue weighted by Crippen LogP contribution is 2.33. The normalized spacial score (nSPS) is 11.2. The third-order valence-electron chi connectivity index (χ3n) is 5.80. The molecule has 12 heteroatoms. The number of aryl methyl sites for hydroxylation is 1. The molecule has 0 saturated carbocycles. The maximum absolute atomic E-state index is 15.2. The lowest BCUT2D eigenvalue weighted by Crippen LogP contribution is -2.10. The van der Waals surface area contributed by atoms with Crippen LogP contribution in [0.5, 0.6) is 11.5 Å². The second kappa shape index (κ2) is 9.99. The van der Waals surface area contributed by atoms with Crippen LogP contribution in [-0.4, -0.2) is 26.8 Å². The molecule has 38 heavy (non-hydrogen) atoms. The molecule has 2 heterocycles. The Balaban J connectivity index is 1.46. The highest BCUT2D eigenvalue weighted by molar-refractivity contribution is 7.99. The van der Waals surface area contributed by atoms with Crippen molar-refractivity contribution >= 4 is 51.7 Å². The lowest BCUT2D eigenvalue weighted by Gasteiger charge is -2.13. The molecular formula is C26H19ClF3N5O2S. The summed E-state index contributed by atoms with van der Waals surface area (Å²) in [4.78, 5) is 16.3. The molecule has 3 aromatic carbocycles. The van der Waals surface area contributed by atoms with Gasteiger partial charge in [0.15, 0.2) is 17.4 Å². The standard InChI is InChI=1S/C26H19ClF3N5O2S/c1-12-6-14(37-22-5-3-4-17(28)23(22)30)9-18(29)24(12)35-26(31)15(11-32-35)25(36)21-8-13-7-20(34-38-2)16(27)10-19(13)33-21/h3-11,33-34H,31H2,1-2H3. The monoisotopic (exact) mass is 557 g/mol. The number of ketones is 1. The summed E-state index contributed by atoms with van der Waals surface area (Å²) in [7, 11) is 0. The van der Waals surface area contributed by atoms with Gasteiger partial charge in [-0.05, 0) is 48.9 Å². The number of hydrogen-bond donors (Lipinski definition) is 3. The zero-order valence-electron chi connectivity index (χ0n) is 19.9. The van der Waals surface area contributed by atoms with Crippen molar-refractivity contribution in [3.63, 3.8) is 0 Å². The molecule has 0 atom stereocenters. The van der Waals surface area contributed by atoms with Crippen molar-refractivity contribution in [1.29, 1.82) is 0 Å². The van der Waals surface area contributed by atoms with Crippen molar-refractivity contribution in [3.8, 4) is 17.2 Å². The predicted octanol–water partition coefficient (Wildman–Crippen LogP) is 7.03. The maximum atomic E-state index is 15.2. The number of nitrogen functional groups attached to an aromatic ring is 1. The number of carbonyl (C=O) groups is 1. The van der Waals surface area contributed by atoms with Gasteiger partial charge >= 0.3 is 0 Å². The minimum atomic E-state index is -1.19. The molecule has 4 N–H and O–H groups in total. The van der Waals surface area contributed by atoms with Gasteiger partial charge in [-0.3, -0.25) is 4.79 Å². The number of H-pyrrole nitrogens is 1. The van der Waals surface area contributed by atoms with Crippen molar-refractivity contribution in [1.82, 2.24) is 14.8 Å². The smallest absolute Gasteiger partial charge is 0.214 e. The molecule has 0 fully saturated rings. The minimum absolute atomic E-state index is 0.0233. The fraction of sp³-hybridized carbons (Fsp3) is 0.0769. The number of benzene rings is 3. The first-order valence-electron chi connectivity index (χ1n) is 11.1. The molecule has 0 unspecified atom stereocenters. The minimum Gasteiger partial charge on any atom is -0.454 e. The number of nitrogens with zero attached hydrogens (tertiary/aromatic N) is 2. The molecule has 0 aliphatic carbocycles. The topological polar surface area (TPSA) is 98.0 Å². The number of rotatable bonds is 7. The Morgan fingerprint density at radius 1 is 1.16 bits per heavy atom. The largest absolute Gasteiger partial charge is 0.454 e. The van der Waals surface area contributed by atoms with E-state index in [0.717, 1.165) is 22.2 Å². The molecule has 7 nitrogen and oxygen atoms in total. The van der Waals surface area contributed by atoms with E-state index in [0.29, 0.717) is 21.8 Å². The molecular weight excluding hydrogens is 539 g/mol. The number of anilines is 2. The summed E-state index contributed by atoms with van der Waals surface area (Å²) >= 11 is 7.68. The van der Waals surface area contributed by atoms with Gasteiger partial charge in [0, 0.05) is 23.2 Å². The van der Waals surface area contributed by atoms with E-state index < -0.39 is 23.2 Å². The number of aromatic amines is 1. The Morgan fingerprint density at radius 2 is 1.95 bits per heavy atom. The van der Waals surface area contributed by atoms with Crippen LogP contribution in [0.1, 0.15) is 21.6 Å². The number of halogens is 4. The molecule has 2 aromatic heterocycles. The van der Waals surface area contributed by atoms with E-state index in [-0.39, 0.29) is 34.3 Å². The third-order valence-corrected chi connectivity index (χ3v) is 6.54. The van der Waals surface area contributed by atoms with Gasteiger partial charge in [0.1, 0.15) is 17.3 Å². The Labute approximate surface area is 223 Å². The Hall–Kier alpha value is -4.09. The number of hydrogen-bond acceptors (Lipinski definition) is 6. The van der Waals surface area contributed by atoms with Crippen LogP contribution >= 0.6 is 23.5 Å². The van der Waals surface area contributed by atoms with E-state index in [1.54, 1.807) is 19.1 Å². The summed E-state index contributed by atoms with van der Waals surface area (Å²) in [5.74, 6) is -4.04. The van der Waals surface area contributed by atoms with Crippen molar-refractivity contribution < 1.29 is 22.7 Å². The molecule has 0 saturated heterocycles. The van der Waals surface area contributed by atoms with Crippen LogP contribution in [0.3, 0.4) is 0 Å². The van der Waals surface area contributed by atoms with E-state index in [9.17, 15) is 13.6 Å². The van der Waals surface area contributed by atoms with Crippen molar-refractivity contribution in [2.45, 2.75) is 6.92 Å². The first-order valence-corrected chi connectivity index (χ1v) is 12.7. The average molecular weight is 558 g/mol. The number of ether oxygens (including phenoxy) is 1. The van der Waals surface area contributed by atoms with Crippen LogP contribution in [0.15, 0.2) is 54.7 Å². The molecule has 5 aromatic rings. The van der Waals surface area contributed by atoms with E-state index in [1.807, 2.05) is 12.3 Å². The number of fused-ring (bicyclic) bond motifs is 1. The summed E-state index contributed by atoms with van der Waals surface area (Å²) in [6.45, 7) is 1.57. The van der Waals surface area contributed by atoms with Crippen LogP contribution in [0, 0.1) is 24.4 Å². The van der Waals surface area contributed by atoms with Gasteiger partial charge in [0.05, 0.1) is 28.2 Å². The number of nitrogens with one attached hydrogen (secondary N) is 2. The van der Waals surface area contributed by atoms with Gasteiger partial charge in [-0.15, -0.1) is 0 Å². The van der Waals surface area contributed by atoms with Gasteiger partial charge in [0.2, 0.25) is 11.6 Å². The summed E-state index contributed by atoms with van der Waals surface area (Å²) in [5.41, 5.74) is 8.22. The summed E-state index contributed by atoms with van der Waals surface area (Å²) in [6, 6.07) is 11.0. The van der Waals surface area contributed by atoms with Crippen LogP contribution < -0.4 is 15.2 Å². The SMILES string of the molecule is CSNc1cc2cc(C(=O)c3cnn(-c4c(C)cc(Oc5cccc(F)c5F)cc4F)c3N)[nH]c2cc1Cl. The quantitative estimate of drug-likeness (QED) is 0.147. The first-order chi connectivity index (χ1) is 18.2. The van der Waals surface area contributed by atoms with E-state index in [1.165, 1.54) is 36.3 Å². The van der Waals surface area contributed by atoms with Crippen molar-refractivity contribution in [3.05, 3.63) is 94.0 Å². The highest BCUT2D eigenvalue weighted by atomic mass is 35.5. The fourth-order valence-corrected chi connectivity index (χ4v) is 4.70. The van der Waals surface area contributed by atoms with E-state index >= 15 is 4.39 Å². The maximum Gasteiger partial charge on any atom is 0.214 e. The van der Waals surface area contributed by atoms with Gasteiger partial charge in [-0.25, -0.2) is 13.5 Å². The second-order valence-electron chi connectivity index (χ2n) is 8.32. The summed E-state index contributed by atoms with van der Waals surface area (Å²) in [6.07, 6.45) is 3.12. The van der Waals surface area contributed by atoms with Gasteiger partial charge in [0.25, 0.3) is 0 Å². The summed E-state index contributed by atoms with van der Waals surface area (Å²) < 4.78 is 52.2. The summed E-state index contributed by atoms with van der Waals surface area (Å²) in [5, 5.41) is 5.37. The lowest BCUT2D eigenvalue weighted by atomic mass is 10.1. The van der Waals surface area contributed by atoms with Gasteiger partial charge < -0.3 is 20.2 Å². The molecule has 0 spiro atoms. The van der Waals surface area contributed by atoms with Gasteiger partial charge in [-0.1, -0.05) is 29.6 Å². The average Bonchev–Trinajstić information content (AvgIpc) is 3.45. The van der Waals surface area contributed by atoms with Gasteiger partial charge in [-0.2, -0.15) is 9.49 Å². The Kier molecular flexibility index (Phi) is 6.72. The molecule has 0 amide bonds. The molecule has 194 valence electrons. The molecule has 0 radical (unpaired) electrons. The zero-order chi connectivity index (χ0) is 27.1. The lowest BCUT2D eigenvalue weighted by molar-refractivity contribution is 0.103. The van der Waals surface area contributed by atoms with Crippen LogP contribution in [-0.2, 0) is 0 Å². The van der Waals surface area contributed by atoms with Crippen LogP contribution in [0.2, 0.25) is 5.02 Å². The van der Waals surface area contributed by atoms with Crippen molar-refractivity contribution in [2.75, 3.05) is 16.7 Å². The van der Waals surface area contributed by atoms with Crippen LogP contribution in [0.4, 0.5) is 24.7 Å². The molecule has 0 aliphatic rings. The Bertz CT molecular complexity index is 1700. The zero-order valence-corrected chi connectivity index (χ0v) is 21.5. The highest BCUT2D eigenvalue weighted by Gasteiger charge is 2.23. The number of aromatic nitrogens is 3. The first kappa shape index (κ1) is 25.6. The van der Waals surface area contributed by atoms with E-state index in [2.05, 4.69) is 14.8 Å².